The van der Waals surface area contributed by atoms with Gasteiger partial charge in [0.15, 0.2) is 0 Å². The van der Waals surface area contributed by atoms with E-state index in [1.807, 2.05) is 6.92 Å². The Morgan fingerprint density at radius 1 is 1.22 bits per heavy atom. The second-order valence-corrected chi connectivity index (χ2v) is 4.77. The molecule has 1 heterocycles. The molecule has 0 saturated carbocycles. The van der Waals surface area contributed by atoms with E-state index in [4.69, 9.17) is 4.74 Å². The van der Waals surface area contributed by atoms with Gasteiger partial charge in [0.05, 0.1) is 7.11 Å². The smallest absolute Gasteiger partial charge is 0.313 e. The van der Waals surface area contributed by atoms with Crippen LogP contribution in [-0.2, 0) is 16.1 Å². The van der Waals surface area contributed by atoms with Crippen LogP contribution in [0.25, 0.3) is 0 Å². The van der Waals surface area contributed by atoms with E-state index in [-0.39, 0.29) is 12.2 Å². The van der Waals surface area contributed by atoms with E-state index in [9.17, 15) is 14.0 Å². The predicted octanol–water partition coefficient (Wildman–Crippen LogP) is 1.79. The molecule has 0 saturated heterocycles. The van der Waals surface area contributed by atoms with Crippen LogP contribution in [0.2, 0.25) is 0 Å². The van der Waals surface area contributed by atoms with Crippen LogP contribution in [0.1, 0.15) is 11.3 Å². The summed E-state index contributed by atoms with van der Waals surface area (Å²) in [6.45, 7) is 1.91. The highest BCUT2D eigenvalue weighted by Gasteiger charge is 2.15. The van der Waals surface area contributed by atoms with E-state index in [1.54, 1.807) is 12.1 Å². The Kier molecular flexibility index (Phi) is 5.24. The molecule has 0 aliphatic carbocycles. The number of carbonyl (C=O) groups excluding carboxylic acids is 2. The van der Waals surface area contributed by atoms with Crippen molar-refractivity contribution in [1.82, 2.24) is 10.3 Å². The van der Waals surface area contributed by atoms with Crippen LogP contribution >= 0.6 is 0 Å². The highest BCUT2D eigenvalue weighted by Crippen LogP contribution is 2.15. The lowest BCUT2D eigenvalue weighted by Crippen LogP contribution is -2.35. The van der Waals surface area contributed by atoms with Gasteiger partial charge in [0.25, 0.3) is 0 Å². The SMILES string of the molecule is COc1nc(C)ccc1CNC(=O)C(=O)Nc1cccc(F)c1. The van der Waals surface area contributed by atoms with Gasteiger partial charge in [0, 0.05) is 23.5 Å². The van der Waals surface area contributed by atoms with Crippen molar-refractivity contribution in [2.75, 3.05) is 12.4 Å². The molecule has 0 aliphatic rings. The van der Waals surface area contributed by atoms with Crippen LogP contribution in [0.4, 0.5) is 10.1 Å². The Balaban J connectivity index is 1.95. The average molecular weight is 317 g/mol. The lowest BCUT2D eigenvalue weighted by atomic mass is 10.2. The molecular weight excluding hydrogens is 301 g/mol. The summed E-state index contributed by atoms with van der Waals surface area (Å²) < 4.78 is 18.2. The molecule has 2 N–H and O–H groups in total. The zero-order valence-electron chi connectivity index (χ0n) is 12.7. The second kappa shape index (κ2) is 7.35. The van der Waals surface area contributed by atoms with Crippen molar-refractivity contribution in [3.8, 4) is 5.88 Å². The van der Waals surface area contributed by atoms with Gasteiger partial charge in [-0.25, -0.2) is 9.37 Å². The van der Waals surface area contributed by atoms with E-state index < -0.39 is 17.6 Å². The highest BCUT2D eigenvalue weighted by atomic mass is 19.1. The number of aryl methyl sites for hydroxylation is 1. The number of pyridine rings is 1. The molecular formula is C16H16FN3O3. The van der Waals surface area contributed by atoms with Gasteiger partial charge >= 0.3 is 11.8 Å². The molecule has 7 heteroatoms. The van der Waals surface area contributed by atoms with E-state index >= 15 is 0 Å². The van der Waals surface area contributed by atoms with Gasteiger partial charge in [0.1, 0.15) is 5.82 Å². The first kappa shape index (κ1) is 16.4. The summed E-state index contributed by atoms with van der Waals surface area (Å²) in [4.78, 5) is 27.7. The standard InChI is InChI=1S/C16H16FN3O3/c1-10-6-7-11(16(19-10)23-2)9-18-14(21)15(22)20-13-5-3-4-12(17)8-13/h3-8H,9H2,1-2H3,(H,18,21)(H,20,22). The summed E-state index contributed by atoms with van der Waals surface area (Å²) in [6.07, 6.45) is 0. The number of hydrogen-bond acceptors (Lipinski definition) is 4. The van der Waals surface area contributed by atoms with Gasteiger partial charge in [-0.05, 0) is 31.2 Å². The minimum atomic E-state index is -0.880. The van der Waals surface area contributed by atoms with Crippen molar-refractivity contribution in [2.45, 2.75) is 13.5 Å². The maximum absolute atomic E-state index is 13.0. The molecule has 0 aliphatic heterocycles. The predicted molar refractivity (Wildman–Crippen MR) is 82.4 cm³/mol. The molecule has 0 fully saturated rings. The summed E-state index contributed by atoms with van der Waals surface area (Å²) in [7, 11) is 1.48. The number of anilines is 1. The van der Waals surface area contributed by atoms with E-state index in [0.29, 0.717) is 11.4 Å². The fourth-order valence-electron chi connectivity index (χ4n) is 1.88. The van der Waals surface area contributed by atoms with E-state index in [2.05, 4.69) is 15.6 Å². The number of carbonyl (C=O) groups is 2. The number of hydrogen-bond donors (Lipinski definition) is 2. The van der Waals surface area contributed by atoms with Crippen LogP contribution in [0.5, 0.6) is 5.88 Å². The number of halogens is 1. The van der Waals surface area contributed by atoms with Crippen molar-refractivity contribution in [3.05, 3.63) is 53.5 Å². The first-order valence-corrected chi connectivity index (χ1v) is 6.85. The molecule has 0 spiro atoms. The van der Waals surface area contributed by atoms with Crippen LogP contribution in [0, 0.1) is 12.7 Å². The molecule has 120 valence electrons. The Labute approximate surface area is 132 Å². The lowest BCUT2D eigenvalue weighted by Gasteiger charge is -2.10. The van der Waals surface area contributed by atoms with Crippen molar-refractivity contribution >= 4 is 17.5 Å². The molecule has 1 aromatic carbocycles. The Bertz CT molecular complexity index is 734. The molecule has 2 rings (SSSR count). The first-order chi connectivity index (χ1) is 11.0. The summed E-state index contributed by atoms with van der Waals surface area (Å²) in [5.74, 6) is -1.83. The molecule has 2 amide bonds. The zero-order chi connectivity index (χ0) is 16.8. The second-order valence-electron chi connectivity index (χ2n) is 4.77. The molecule has 2 aromatic rings. The molecule has 23 heavy (non-hydrogen) atoms. The number of benzene rings is 1. The minimum absolute atomic E-state index is 0.0891. The van der Waals surface area contributed by atoms with Crippen molar-refractivity contribution in [3.63, 3.8) is 0 Å². The Hall–Kier alpha value is -2.96. The van der Waals surface area contributed by atoms with Crippen LogP contribution in [0.15, 0.2) is 36.4 Å². The first-order valence-electron chi connectivity index (χ1n) is 6.85. The number of nitrogens with zero attached hydrogens (tertiary/aromatic N) is 1. The summed E-state index contributed by atoms with van der Waals surface area (Å²) in [5, 5.41) is 4.78. The number of amides is 2. The van der Waals surface area contributed by atoms with E-state index in [0.717, 1.165) is 11.8 Å². The summed E-state index contributed by atoms with van der Waals surface area (Å²) in [5.41, 5.74) is 1.63. The topological polar surface area (TPSA) is 80.3 Å². The lowest BCUT2D eigenvalue weighted by molar-refractivity contribution is -0.136. The van der Waals surface area contributed by atoms with Crippen molar-refractivity contribution < 1.29 is 18.7 Å². The maximum Gasteiger partial charge on any atom is 0.313 e. The van der Waals surface area contributed by atoms with Gasteiger partial charge in [-0.15, -0.1) is 0 Å². The maximum atomic E-state index is 13.0. The van der Waals surface area contributed by atoms with E-state index in [1.165, 1.54) is 25.3 Å². The van der Waals surface area contributed by atoms with Crippen LogP contribution in [0.3, 0.4) is 0 Å². The van der Waals surface area contributed by atoms with Crippen molar-refractivity contribution in [1.29, 1.82) is 0 Å². The van der Waals surface area contributed by atoms with Crippen molar-refractivity contribution in [2.24, 2.45) is 0 Å². The van der Waals surface area contributed by atoms with Gasteiger partial charge < -0.3 is 15.4 Å². The number of methoxy groups -OCH3 is 1. The third-order valence-electron chi connectivity index (χ3n) is 3.00. The van der Waals surface area contributed by atoms with Crippen LogP contribution < -0.4 is 15.4 Å². The molecule has 6 nitrogen and oxygen atoms in total. The van der Waals surface area contributed by atoms with Crippen LogP contribution in [-0.4, -0.2) is 23.9 Å². The monoisotopic (exact) mass is 317 g/mol. The molecule has 0 unspecified atom stereocenters. The summed E-state index contributed by atoms with van der Waals surface area (Å²) >= 11 is 0. The zero-order valence-corrected chi connectivity index (χ0v) is 12.7. The average Bonchev–Trinajstić information content (AvgIpc) is 2.53. The molecule has 0 atom stereocenters. The van der Waals surface area contributed by atoms with Gasteiger partial charge in [0.2, 0.25) is 5.88 Å². The number of ether oxygens (including phenoxy) is 1. The fraction of sp³-hybridized carbons (Fsp3) is 0.188. The van der Waals surface area contributed by atoms with Gasteiger partial charge in [-0.1, -0.05) is 12.1 Å². The third kappa shape index (κ3) is 4.50. The Morgan fingerprint density at radius 3 is 2.70 bits per heavy atom. The molecule has 0 radical (unpaired) electrons. The minimum Gasteiger partial charge on any atom is -0.481 e. The number of aromatic nitrogens is 1. The third-order valence-corrected chi connectivity index (χ3v) is 3.00. The quantitative estimate of drug-likeness (QED) is 0.843. The van der Waals surface area contributed by atoms with Gasteiger partial charge in [-0.2, -0.15) is 0 Å². The normalized spacial score (nSPS) is 10.0. The highest BCUT2D eigenvalue weighted by molar-refractivity contribution is 6.39. The number of rotatable bonds is 4. The molecule has 1 aromatic heterocycles. The fourth-order valence-corrected chi connectivity index (χ4v) is 1.88. The number of nitrogens with one attached hydrogen (secondary N) is 2. The summed E-state index contributed by atoms with van der Waals surface area (Å²) in [6, 6.07) is 8.82. The Morgan fingerprint density at radius 2 is 2.00 bits per heavy atom. The molecule has 0 bridgehead atoms. The van der Waals surface area contributed by atoms with Gasteiger partial charge in [-0.3, -0.25) is 9.59 Å². The largest absolute Gasteiger partial charge is 0.481 e.